The van der Waals surface area contributed by atoms with Crippen molar-refractivity contribution in [3.8, 4) is 0 Å². The Morgan fingerprint density at radius 1 is 1.12 bits per heavy atom. The molecule has 0 saturated carbocycles. The molecule has 1 aliphatic heterocycles. The zero-order valence-corrected chi connectivity index (χ0v) is 16.2. The Bertz CT molecular complexity index is 832. The van der Waals surface area contributed by atoms with Gasteiger partial charge < -0.3 is 10.1 Å². The SMILES string of the molecule is CC(=O)O[C@@H]1c2cc(C)ccc2N[C@@H](c2ccc(Cl)cc2Cl)C1(C)C. The van der Waals surface area contributed by atoms with Crippen molar-refractivity contribution in [1.82, 2.24) is 0 Å². The second kappa shape index (κ2) is 6.54. The molecule has 25 heavy (non-hydrogen) atoms. The second-order valence-corrected chi connectivity index (χ2v) is 7.99. The number of carbonyl (C=O) groups excluding carboxylic acids is 1. The maximum Gasteiger partial charge on any atom is 0.303 e. The van der Waals surface area contributed by atoms with Gasteiger partial charge in [-0.1, -0.05) is 60.8 Å². The summed E-state index contributed by atoms with van der Waals surface area (Å²) >= 11 is 12.5. The minimum Gasteiger partial charge on any atom is -0.457 e. The van der Waals surface area contributed by atoms with E-state index in [4.69, 9.17) is 27.9 Å². The van der Waals surface area contributed by atoms with Crippen LogP contribution in [-0.2, 0) is 9.53 Å². The number of aryl methyl sites for hydroxylation is 1. The van der Waals surface area contributed by atoms with Crippen molar-refractivity contribution >= 4 is 34.9 Å². The summed E-state index contributed by atoms with van der Waals surface area (Å²) in [6.45, 7) is 7.63. The quantitative estimate of drug-likeness (QED) is 0.642. The van der Waals surface area contributed by atoms with Crippen LogP contribution in [0.15, 0.2) is 36.4 Å². The van der Waals surface area contributed by atoms with Gasteiger partial charge in [-0.05, 0) is 30.7 Å². The van der Waals surface area contributed by atoms with Crippen molar-refractivity contribution in [2.24, 2.45) is 5.41 Å². The molecule has 1 heterocycles. The number of fused-ring (bicyclic) bond motifs is 1. The number of benzene rings is 2. The summed E-state index contributed by atoms with van der Waals surface area (Å²) in [4.78, 5) is 11.8. The van der Waals surface area contributed by atoms with E-state index in [-0.39, 0.29) is 18.1 Å². The molecule has 132 valence electrons. The molecule has 0 aliphatic carbocycles. The van der Waals surface area contributed by atoms with Crippen molar-refractivity contribution < 1.29 is 9.53 Å². The average Bonchev–Trinajstić information content (AvgIpc) is 2.51. The molecule has 0 spiro atoms. The van der Waals surface area contributed by atoms with Gasteiger partial charge in [0, 0.05) is 33.6 Å². The van der Waals surface area contributed by atoms with E-state index < -0.39 is 5.41 Å². The van der Waals surface area contributed by atoms with Crippen LogP contribution < -0.4 is 5.32 Å². The van der Waals surface area contributed by atoms with Gasteiger partial charge >= 0.3 is 5.97 Å². The van der Waals surface area contributed by atoms with Crippen LogP contribution in [0.3, 0.4) is 0 Å². The molecule has 0 amide bonds. The van der Waals surface area contributed by atoms with Gasteiger partial charge in [-0.2, -0.15) is 0 Å². The Morgan fingerprint density at radius 3 is 2.48 bits per heavy atom. The number of rotatable bonds is 2. The third-order valence-electron chi connectivity index (χ3n) is 4.77. The van der Waals surface area contributed by atoms with Gasteiger partial charge in [0.25, 0.3) is 0 Å². The molecule has 2 atom stereocenters. The highest BCUT2D eigenvalue weighted by Crippen LogP contribution is 2.54. The van der Waals surface area contributed by atoms with E-state index in [1.807, 2.05) is 31.2 Å². The molecule has 2 aromatic rings. The molecular formula is C20H21Cl2NO2. The van der Waals surface area contributed by atoms with E-state index in [9.17, 15) is 4.79 Å². The lowest BCUT2D eigenvalue weighted by Gasteiger charge is -2.46. The van der Waals surface area contributed by atoms with Crippen molar-refractivity contribution in [1.29, 1.82) is 0 Å². The van der Waals surface area contributed by atoms with Crippen LogP contribution in [0.25, 0.3) is 0 Å². The van der Waals surface area contributed by atoms with Gasteiger partial charge in [-0.15, -0.1) is 0 Å². The highest BCUT2D eigenvalue weighted by molar-refractivity contribution is 6.35. The normalized spacial score (nSPS) is 21.2. The average molecular weight is 378 g/mol. The lowest BCUT2D eigenvalue weighted by atomic mass is 9.70. The molecule has 0 unspecified atom stereocenters. The fraction of sp³-hybridized carbons (Fsp3) is 0.350. The molecular weight excluding hydrogens is 357 g/mol. The minimum absolute atomic E-state index is 0.128. The topological polar surface area (TPSA) is 38.3 Å². The van der Waals surface area contributed by atoms with Crippen LogP contribution in [-0.4, -0.2) is 5.97 Å². The van der Waals surface area contributed by atoms with Crippen molar-refractivity contribution in [3.63, 3.8) is 0 Å². The maximum atomic E-state index is 11.8. The monoisotopic (exact) mass is 377 g/mol. The summed E-state index contributed by atoms with van der Waals surface area (Å²) in [6, 6.07) is 11.5. The Kier molecular flexibility index (Phi) is 4.74. The van der Waals surface area contributed by atoms with E-state index in [0.717, 1.165) is 22.4 Å². The van der Waals surface area contributed by atoms with E-state index in [0.29, 0.717) is 10.0 Å². The molecule has 1 aliphatic rings. The van der Waals surface area contributed by atoms with Crippen LogP contribution in [0.4, 0.5) is 5.69 Å². The predicted octanol–water partition coefficient (Wildman–Crippen LogP) is 6.10. The Hall–Kier alpha value is -1.71. The van der Waals surface area contributed by atoms with Gasteiger partial charge in [-0.25, -0.2) is 0 Å². The summed E-state index contributed by atoms with van der Waals surface area (Å²) in [6.07, 6.45) is -0.377. The Balaban J connectivity index is 2.15. The maximum absolute atomic E-state index is 11.8. The molecule has 3 nitrogen and oxygen atoms in total. The predicted molar refractivity (Wildman–Crippen MR) is 102 cm³/mol. The molecule has 0 fully saturated rings. The fourth-order valence-corrected chi connectivity index (χ4v) is 4.04. The smallest absolute Gasteiger partial charge is 0.303 e. The number of hydrogen-bond donors (Lipinski definition) is 1. The lowest BCUT2D eigenvalue weighted by Crippen LogP contribution is -2.40. The van der Waals surface area contributed by atoms with Crippen molar-refractivity contribution in [2.75, 3.05) is 5.32 Å². The van der Waals surface area contributed by atoms with Crippen molar-refractivity contribution in [3.05, 3.63) is 63.1 Å². The fourth-order valence-electron chi connectivity index (χ4n) is 3.52. The summed E-state index contributed by atoms with van der Waals surface area (Å²) in [5, 5.41) is 4.76. The van der Waals surface area contributed by atoms with Gasteiger partial charge in [0.05, 0.1) is 6.04 Å². The molecule has 0 radical (unpaired) electrons. The van der Waals surface area contributed by atoms with Crippen LogP contribution in [0, 0.1) is 12.3 Å². The zero-order valence-electron chi connectivity index (χ0n) is 14.7. The van der Waals surface area contributed by atoms with E-state index in [1.54, 1.807) is 6.07 Å². The molecule has 5 heteroatoms. The molecule has 0 saturated heterocycles. The standard InChI is InChI=1S/C20H21Cl2NO2/c1-11-5-8-17-15(9-11)19(25-12(2)24)20(3,4)18(23-17)14-7-6-13(21)10-16(14)22/h5-10,18-19,23H,1-4H3/t18-,19+/m0/s1. The largest absolute Gasteiger partial charge is 0.457 e. The number of carbonyl (C=O) groups is 1. The number of hydrogen-bond acceptors (Lipinski definition) is 3. The summed E-state index contributed by atoms with van der Waals surface area (Å²) in [5.74, 6) is -0.298. The zero-order chi connectivity index (χ0) is 18.4. The van der Waals surface area contributed by atoms with Gasteiger partial charge in [0.1, 0.15) is 6.10 Å². The first-order chi connectivity index (χ1) is 11.7. The Labute approximate surface area is 158 Å². The summed E-state index contributed by atoms with van der Waals surface area (Å²) < 4.78 is 5.76. The molecule has 0 aromatic heterocycles. The van der Waals surface area contributed by atoms with Crippen LogP contribution in [0.2, 0.25) is 10.0 Å². The third kappa shape index (κ3) is 3.36. The number of halogens is 2. The third-order valence-corrected chi connectivity index (χ3v) is 5.33. The summed E-state index contributed by atoms with van der Waals surface area (Å²) in [5.41, 5.74) is 3.58. The lowest BCUT2D eigenvalue weighted by molar-refractivity contribution is -0.154. The first-order valence-electron chi connectivity index (χ1n) is 8.19. The number of ether oxygens (including phenoxy) is 1. The first-order valence-corrected chi connectivity index (χ1v) is 8.95. The van der Waals surface area contributed by atoms with E-state index in [2.05, 4.69) is 25.2 Å². The highest BCUT2D eigenvalue weighted by atomic mass is 35.5. The molecule has 1 N–H and O–H groups in total. The van der Waals surface area contributed by atoms with E-state index in [1.165, 1.54) is 6.92 Å². The number of nitrogens with one attached hydrogen (secondary N) is 1. The van der Waals surface area contributed by atoms with Gasteiger partial charge in [-0.3, -0.25) is 4.79 Å². The van der Waals surface area contributed by atoms with Gasteiger partial charge in [0.2, 0.25) is 0 Å². The highest BCUT2D eigenvalue weighted by Gasteiger charge is 2.46. The van der Waals surface area contributed by atoms with Gasteiger partial charge in [0.15, 0.2) is 0 Å². The van der Waals surface area contributed by atoms with Crippen molar-refractivity contribution in [2.45, 2.75) is 39.8 Å². The number of anilines is 1. The number of esters is 1. The molecule has 0 bridgehead atoms. The molecule has 2 aromatic carbocycles. The minimum atomic E-state index is -0.413. The van der Waals surface area contributed by atoms with Crippen LogP contribution in [0.1, 0.15) is 49.6 Å². The summed E-state index contributed by atoms with van der Waals surface area (Å²) in [7, 11) is 0. The second-order valence-electron chi connectivity index (χ2n) is 7.14. The first kappa shape index (κ1) is 18.1. The van der Waals surface area contributed by atoms with E-state index >= 15 is 0 Å². The Morgan fingerprint density at radius 2 is 1.84 bits per heavy atom. The molecule has 3 rings (SSSR count). The van der Waals surface area contributed by atoms with Crippen LogP contribution in [0.5, 0.6) is 0 Å². The van der Waals surface area contributed by atoms with Crippen LogP contribution >= 0.6 is 23.2 Å².